The Morgan fingerprint density at radius 3 is 2.26 bits per heavy atom. The molecule has 1 fully saturated rings. The molecule has 2 aromatic carbocycles. The van der Waals surface area contributed by atoms with Crippen molar-refractivity contribution in [1.29, 1.82) is 0 Å². The first-order valence-corrected chi connectivity index (χ1v) is 12.5. The fourth-order valence-electron chi connectivity index (χ4n) is 5.19. The third-order valence-electron chi connectivity index (χ3n) is 6.85. The largest absolute Gasteiger partial charge is 0.465 e. The van der Waals surface area contributed by atoms with Crippen LogP contribution in [0, 0.1) is 17.3 Å². The maximum absolute atomic E-state index is 6.29. The lowest BCUT2D eigenvalue weighted by Crippen LogP contribution is -2.19. The van der Waals surface area contributed by atoms with E-state index in [0.717, 1.165) is 24.7 Å². The molecule has 1 saturated carbocycles. The second-order valence-electron chi connectivity index (χ2n) is 11.2. The van der Waals surface area contributed by atoms with Gasteiger partial charge in [0.1, 0.15) is 5.75 Å². The molecule has 0 bridgehead atoms. The Morgan fingerprint density at radius 2 is 1.58 bits per heavy atom. The van der Waals surface area contributed by atoms with Gasteiger partial charge in [0.25, 0.3) is 0 Å². The van der Waals surface area contributed by atoms with Crippen molar-refractivity contribution in [2.45, 2.75) is 98.7 Å². The van der Waals surface area contributed by atoms with Gasteiger partial charge in [-0.15, -0.1) is 0 Å². The molecule has 2 heteroatoms. The second kappa shape index (κ2) is 10.9. The number of rotatable bonds is 9. The van der Waals surface area contributed by atoms with Crippen molar-refractivity contribution in [2.24, 2.45) is 17.3 Å². The summed E-state index contributed by atoms with van der Waals surface area (Å²) in [7, 11) is 0. The molecule has 172 valence electrons. The predicted octanol–water partition coefficient (Wildman–Crippen LogP) is 8.73. The Kier molecular flexibility index (Phi) is 8.44. The fourth-order valence-corrected chi connectivity index (χ4v) is 5.19. The first-order chi connectivity index (χ1) is 14.7. The summed E-state index contributed by atoms with van der Waals surface area (Å²) >= 11 is 0. The Bertz CT molecular complexity index is 811. The van der Waals surface area contributed by atoms with E-state index in [-0.39, 0.29) is 6.29 Å². The van der Waals surface area contributed by atoms with Gasteiger partial charge in [-0.05, 0) is 60.0 Å². The number of hydrogen-bond donors (Lipinski definition) is 0. The Labute approximate surface area is 190 Å². The number of fused-ring (bicyclic) bond motifs is 1. The molecule has 0 spiro atoms. The van der Waals surface area contributed by atoms with Crippen LogP contribution in [-0.4, -0.2) is 12.9 Å². The van der Waals surface area contributed by atoms with Gasteiger partial charge in [0.2, 0.25) is 0 Å². The van der Waals surface area contributed by atoms with Gasteiger partial charge < -0.3 is 9.47 Å². The lowest BCUT2D eigenvalue weighted by Gasteiger charge is -2.30. The van der Waals surface area contributed by atoms with E-state index in [0.29, 0.717) is 17.3 Å². The smallest absolute Gasteiger partial charge is 0.197 e. The molecule has 3 rings (SSSR count). The lowest BCUT2D eigenvalue weighted by molar-refractivity contribution is -0.0703. The van der Waals surface area contributed by atoms with Crippen molar-refractivity contribution in [3.05, 3.63) is 42.0 Å². The molecule has 0 heterocycles. The van der Waals surface area contributed by atoms with Crippen LogP contribution < -0.4 is 4.74 Å². The van der Waals surface area contributed by atoms with E-state index >= 15 is 0 Å². The van der Waals surface area contributed by atoms with Crippen LogP contribution in [0.1, 0.15) is 98.0 Å². The average Bonchev–Trinajstić information content (AvgIpc) is 2.72. The Hall–Kier alpha value is -1.54. The Morgan fingerprint density at radius 1 is 0.903 bits per heavy atom. The minimum absolute atomic E-state index is 0.228. The maximum atomic E-state index is 6.29. The summed E-state index contributed by atoms with van der Waals surface area (Å²) in [6.07, 6.45) is 9.04. The van der Waals surface area contributed by atoms with Crippen LogP contribution in [0.2, 0.25) is 0 Å². The van der Waals surface area contributed by atoms with Crippen molar-refractivity contribution in [2.75, 3.05) is 6.61 Å². The summed E-state index contributed by atoms with van der Waals surface area (Å²) < 4.78 is 12.3. The summed E-state index contributed by atoms with van der Waals surface area (Å²) in [4.78, 5) is 0. The van der Waals surface area contributed by atoms with Gasteiger partial charge in [-0.2, -0.15) is 0 Å². The Balaban J connectivity index is 1.72. The molecule has 2 nitrogen and oxygen atoms in total. The van der Waals surface area contributed by atoms with Crippen molar-refractivity contribution >= 4 is 10.8 Å². The zero-order valence-electron chi connectivity index (χ0n) is 20.7. The molecule has 0 amide bonds. The molecular formula is C29H44O2. The monoisotopic (exact) mass is 424 g/mol. The number of hydrogen-bond acceptors (Lipinski definition) is 2. The maximum Gasteiger partial charge on any atom is 0.197 e. The molecule has 2 aromatic rings. The van der Waals surface area contributed by atoms with Crippen molar-refractivity contribution in [1.82, 2.24) is 0 Å². The average molecular weight is 425 g/mol. The normalized spacial score (nSPS) is 17.8. The van der Waals surface area contributed by atoms with Gasteiger partial charge in [0.15, 0.2) is 6.29 Å². The molecule has 0 aromatic heterocycles. The highest BCUT2D eigenvalue weighted by atomic mass is 16.7. The summed E-state index contributed by atoms with van der Waals surface area (Å²) in [6.45, 7) is 14.5. The van der Waals surface area contributed by atoms with E-state index in [2.05, 4.69) is 71.0 Å². The van der Waals surface area contributed by atoms with Crippen molar-refractivity contribution in [3.8, 4) is 5.75 Å². The fraction of sp³-hybridized carbons (Fsp3) is 0.655. The zero-order chi connectivity index (χ0) is 22.4. The molecule has 2 atom stereocenters. The second-order valence-corrected chi connectivity index (χ2v) is 11.2. The molecular weight excluding hydrogens is 380 g/mol. The SMILES string of the molecule is CC(OCCC1CCCCC1)Oc1cccc2c(C(CC(C)(C)C)C(C)C)cccc12. The quantitative estimate of drug-likeness (QED) is 0.375. The molecule has 1 aliphatic rings. The van der Waals surface area contributed by atoms with Gasteiger partial charge in [0, 0.05) is 5.39 Å². The predicted molar refractivity (Wildman–Crippen MR) is 133 cm³/mol. The summed E-state index contributed by atoms with van der Waals surface area (Å²) in [5.74, 6) is 2.90. The van der Waals surface area contributed by atoms with Crippen molar-refractivity contribution in [3.63, 3.8) is 0 Å². The van der Waals surface area contributed by atoms with Crippen LogP contribution in [0.3, 0.4) is 0 Å². The highest BCUT2D eigenvalue weighted by molar-refractivity contribution is 5.91. The third kappa shape index (κ3) is 6.97. The third-order valence-corrected chi connectivity index (χ3v) is 6.85. The summed E-state index contributed by atoms with van der Waals surface area (Å²) in [5.41, 5.74) is 1.74. The standard InChI is InChI=1S/C29H44O2/c1-21(2)27(20-29(4,5)6)25-14-10-16-26-24(25)15-11-17-28(26)31-22(3)30-19-18-23-12-8-7-9-13-23/h10-11,14-17,21-23,27H,7-9,12-13,18-20H2,1-6H3. The van der Waals surface area contributed by atoms with Gasteiger partial charge >= 0.3 is 0 Å². The number of ether oxygens (including phenoxy) is 2. The van der Waals surface area contributed by atoms with E-state index in [4.69, 9.17) is 9.47 Å². The number of benzene rings is 2. The molecule has 2 unspecified atom stereocenters. The lowest BCUT2D eigenvalue weighted by atomic mass is 9.75. The van der Waals surface area contributed by atoms with E-state index in [9.17, 15) is 0 Å². The minimum atomic E-state index is -0.228. The topological polar surface area (TPSA) is 18.5 Å². The van der Waals surface area contributed by atoms with Crippen LogP contribution in [-0.2, 0) is 4.74 Å². The van der Waals surface area contributed by atoms with Crippen LogP contribution in [0.15, 0.2) is 36.4 Å². The highest BCUT2D eigenvalue weighted by Crippen LogP contribution is 2.40. The van der Waals surface area contributed by atoms with E-state index in [1.165, 1.54) is 54.9 Å². The van der Waals surface area contributed by atoms with Crippen LogP contribution in [0.5, 0.6) is 5.75 Å². The van der Waals surface area contributed by atoms with E-state index < -0.39 is 0 Å². The van der Waals surface area contributed by atoms with Crippen LogP contribution in [0.4, 0.5) is 0 Å². The first kappa shape index (κ1) is 24.1. The van der Waals surface area contributed by atoms with Crippen molar-refractivity contribution < 1.29 is 9.47 Å². The molecule has 0 saturated heterocycles. The highest BCUT2D eigenvalue weighted by Gasteiger charge is 2.25. The molecule has 0 aliphatic heterocycles. The van der Waals surface area contributed by atoms with Crippen LogP contribution >= 0.6 is 0 Å². The molecule has 31 heavy (non-hydrogen) atoms. The van der Waals surface area contributed by atoms with Crippen LogP contribution in [0.25, 0.3) is 10.8 Å². The van der Waals surface area contributed by atoms with Gasteiger partial charge in [0.05, 0.1) is 6.61 Å². The van der Waals surface area contributed by atoms with Gasteiger partial charge in [-0.25, -0.2) is 0 Å². The first-order valence-electron chi connectivity index (χ1n) is 12.5. The van der Waals surface area contributed by atoms with Gasteiger partial charge in [-0.3, -0.25) is 0 Å². The van der Waals surface area contributed by atoms with E-state index in [1.54, 1.807) is 0 Å². The molecule has 1 aliphatic carbocycles. The molecule has 0 radical (unpaired) electrons. The van der Waals surface area contributed by atoms with E-state index in [1.807, 2.05) is 6.92 Å². The molecule has 0 N–H and O–H groups in total. The zero-order valence-corrected chi connectivity index (χ0v) is 20.7. The minimum Gasteiger partial charge on any atom is -0.465 e. The van der Waals surface area contributed by atoms with Gasteiger partial charge in [-0.1, -0.05) is 97.1 Å². The summed E-state index contributed by atoms with van der Waals surface area (Å²) in [5, 5.41) is 2.51. The summed E-state index contributed by atoms with van der Waals surface area (Å²) in [6, 6.07) is 13.2.